The summed E-state index contributed by atoms with van der Waals surface area (Å²) in [6, 6.07) is 106. The van der Waals surface area contributed by atoms with Crippen molar-refractivity contribution in [3.05, 3.63) is 337 Å². The molecule has 17 aromatic rings. The average molecular weight is 1270 g/mol. The number of hydrogen-bond donors (Lipinski definition) is 0. The van der Waals surface area contributed by atoms with Crippen molar-refractivity contribution in [2.75, 3.05) is 0 Å². The molecular formula is C93H66N6. The lowest BCUT2D eigenvalue weighted by molar-refractivity contribution is 0.660. The van der Waals surface area contributed by atoms with E-state index in [1.807, 2.05) is 18.2 Å². The molecule has 6 heteroatoms. The SMILES string of the molecule is CC1(C)c2ccccc2-c2ccc(-n3c4ccccc4c4cc(-c5ccc6c(c5)c5cc(-c7ccc8c(c7)c7ccccc7n8-c7ccc8c(c7)C(C)(C)c7ccccc7-8)ccc5n6-c5cccc(-c6nc(-c7ccccc7)nc(-c7ccc(C8C=CC=CC8)cc7)n6)c5)ccc43)cc21. The molecule has 0 radical (unpaired) electrons. The molecule has 6 nitrogen and oxygen atoms in total. The highest BCUT2D eigenvalue weighted by Gasteiger charge is 2.37. The summed E-state index contributed by atoms with van der Waals surface area (Å²) in [5, 5.41) is 7.22. The Hall–Kier alpha value is -12.3. The van der Waals surface area contributed by atoms with Gasteiger partial charge in [-0.1, -0.05) is 240 Å². The Balaban J connectivity index is 0.739. The maximum atomic E-state index is 5.29. The number of benzene rings is 13. The summed E-state index contributed by atoms with van der Waals surface area (Å²) >= 11 is 0. The van der Waals surface area contributed by atoms with Crippen molar-refractivity contribution in [2.24, 2.45) is 0 Å². The number of nitrogens with zero attached hydrogens (tertiary/aromatic N) is 6. The normalized spacial score (nSPS) is 14.8. The molecular weight excluding hydrogens is 1200 g/mol. The van der Waals surface area contributed by atoms with Gasteiger partial charge in [-0.25, -0.2) is 15.0 Å². The Kier molecular flexibility index (Phi) is 12.5. The minimum atomic E-state index is -0.118. The maximum absolute atomic E-state index is 5.29. The molecule has 0 spiro atoms. The number of hydrogen-bond acceptors (Lipinski definition) is 3. The fraction of sp³-hybridized carbons (Fsp3) is 0.0860. The fourth-order valence-electron chi connectivity index (χ4n) is 17.0. The van der Waals surface area contributed by atoms with Crippen molar-refractivity contribution in [3.8, 4) is 95.7 Å². The van der Waals surface area contributed by atoms with Crippen LogP contribution in [-0.4, -0.2) is 28.7 Å². The van der Waals surface area contributed by atoms with Crippen molar-refractivity contribution in [1.82, 2.24) is 28.7 Å². The zero-order chi connectivity index (χ0) is 65.8. The van der Waals surface area contributed by atoms with Gasteiger partial charge in [0.05, 0.1) is 33.1 Å². The molecule has 13 aromatic carbocycles. The quantitative estimate of drug-likeness (QED) is 0.145. The summed E-state index contributed by atoms with van der Waals surface area (Å²) in [7, 11) is 0. The van der Waals surface area contributed by atoms with Crippen LogP contribution in [-0.2, 0) is 10.8 Å². The van der Waals surface area contributed by atoms with Crippen LogP contribution in [0.5, 0.6) is 0 Å². The van der Waals surface area contributed by atoms with Crippen LogP contribution in [0.3, 0.4) is 0 Å². The zero-order valence-corrected chi connectivity index (χ0v) is 55.4. The molecule has 0 saturated heterocycles. The van der Waals surface area contributed by atoms with E-state index >= 15 is 0 Å². The van der Waals surface area contributed by atoms with Gasteiger partial charge in [-0.15, -0.1) is 0 Å². The second-order valence-corrected chi connectivity index (χ2v) is 28.3. The Morgan fingerprint density at radius 3 is 1.15 bits per heavy atom. The summed E-state index contributed by atoms with van der Waals surface area (Å²) in [5.74, 6) is 2.22. The molecule has 0 aliphatic heterocycles. The Bertz CT molecular complexity index is 6040. The minimum absolute atomic E-state index is 0.118. The first-order chi connectivity index (χ1) is 48.6. The Morgan fingerprint density at radius 1 is 0.283 bits per heavy atom. The fourth-order valence-corrected chi connectivity index (χ4v) is 17.0. The third-order valence-corrected chi connectivity index (χ3v) is 22.0. The van der Waals surface area contributed by atoms with E-state index in [1.54, 1.807) is 0 Å². The van der Waals surface area contributed by atoms with E-state index in [2.05, 4.69) is 333 Å². The first-order valence-electron chi connectivity index (χ1n) is 34.6. The third-order valence-electron chi connectivity index (χ3n) is 22.0. The lowest BCUT2D eigenvalue weighted by atomic mass is 9.82. The number of aromatic nitrogens is 6. The predicted molar refractivity (Wildman–Crippen MR) is 411 cm³/mol. The van der Waals surface area contributed by atoms with Crippen LogP contribution in [0.1, 0.15) is 67.9 Å². The molecule has 1 atom stereocenters. The van der Waals surface area contributed by atoms with Gasteiger partial charge in [0.1, 0.15) is 0 Å². The molecule has 4 aromatic heterocycles. The predicted octanol–water partition coefficient (Wildman–Crippen LogP) is 23.7. The molecule has 0 fully saturated rings. The summed E-state index contributed by atoms with van der Waals surface area (Å²) in [6.45, 7) is 9.46. The van der Waals surface area contributed by atoms with Gasteiger partial charge in [-0.05, 0) is 176 Å². The van der Waals surface area contributed by atoms with Crippen molar-refractivity contribution >= 4 is 65.4 Å². The van der Waals surface area contributed by atoms with Crippen LogP contribution in [0, 0.1) is 0 Å². The Labute approximate surface area is 574 Å². The molecule has 0 N–H and O–H groups in total. The largest absolute Gasteiger partial charge is 0.309 e. The molecule has 0 bridgehead atoms. The minimum Gasteiger partial charge on any atom is -0.309 e. The van der Waals surface area contributed by atoms with Crippen LogP contribution in [0.25, 0.3) is 161 Å². The lowest BCUT2D eigenvalue weighted by Crippen LogP contribution is -2.15. The monoisotopic (exact) mass is 1270 g/mol. The van der Waals surface area contributed by atoms with Crippen molar-refractivity contribution in [2.45, 2.75) is 50.9 Å². The van der Waals surface area contributed by atoms with E-state index in [1.165, 1.54) is 105 Å². The van der Waals surface area contributed by atoms with Gasteiger partial charge in [0.15, 0.2) is 17.5 Å². The first-order valence-corrected chi connectivity index (χ1v) is 34.6. The number of rotatable bonds is 9. The van der Waals surface area contributed by atoms with Gasteiger partial charge < -0.3 is 13.7 Å². The van der Waals surface area contributed by atoms with Crippen LogP contribution in [0.4, 0.5) is 0 Å². The van der Waals surface area contributed by atoms with Crippen molar-refractivity contribution in [3.63, 3.8) is 0 Å². The maximum Gasteiger partial charge on any atom is 0.164 e. The van der Waals surface area contributed by atoms with E-state index in [0.29, 0.717) is 23.4 Å². The molecule has 0 amide bonds. The summed E-state index contributed by atoms with van der Waals surface area (Å²) in [5.41, 5.74) is 29.5. The van der Waals surface area contributed by atoms with Gasteiger partial charge in [-0.2, -0.15) is 0 Å². The standard InChI is InChI=1S/C93H66N6/c1-92(2)79-30-15-11-26-69(79)71-44-42-67(55-81(71)92)98-83-32-17-13-28-73(83)75-51-61(38-46-85(75)98)63-40-48-87-77(53-63)78-54-64(62-39-47-86-76(52-62)74-29-14-18-33-84(74)99(86)68-43-45-72-70-27-12-16-31-80(70)93(3,4)82(72)56-68)41-49-88(78)97(87)66-25-19-24-65(50-66)91-95-89(59-22-9-6-10-23-59)94-90(96-91)60-36-34-58(35-37-60)57-20-7-5-8-21-57/h5-20,22-57H,21H2,1-4H3. The van der Waals surface area contributed by atoms with Gasteiger partial charge >= 0.3 is 0 Å². The smallest absolute Gasteiger partial charge is 0.164 e. The molecule has 4 heterocycles. The van der Waals surface area contributed by atoms with E-state index in [-0.39, 0.29) is 10.8 Å². The highest BCUT2D eigenvalue weighted by molar-refractivity contribution is 6.15. The first kappa shape index (κ1) is 57.0. The Morgan fingerprint density at radius 2 is 0.667 bits per heavy atom. The van der Waals surface area contributed by atoms with E-state index < -0.39 is 0 Å². The molecule has 1 unspecified atom stereocenters. The molecule has 3 aliphatic rings. The number of fused-ring (bicyclic) bond motifs is 15. The van der Waals surface area contributed by atoms with Crippen LogP contribution >= 0.6 is 0 Å². The molecule has 3 aliphatic carbocycles. The van der Waals surface area contributed by atoms with Crippen molar-refractivity contribution < 1.29 is 0 Å². The summed E-state index contributed by atoms with van der Waals surface area (Å²) in [6.07, 6.45) is 9.76. The van der Waals surface area contributed by atoms with Crippen molar-refractivity contribution in [1.29, 1.82) is 0 Å². The topological polar surface area (TPSA) is 53.5 Å². The summed E-state index contributed by atoms with van der Waals surface area (Å²) in [4.78, 5) is 15.7. The summed E-state index contributed by atoms with van der Waals surface area (Å²) < 4.78 is 7.36. The van der Waals surface area contributed by atoms with E-state index in [4.69, 9.17) is 15.0 Å². The average Bonchev–Trinajstić information content (AvgIpc) is 1.59. The number of allylic oxidation sites excluding steroid dienone is 4. The van der Waals surface area contributed by atoms with Gasteiger partial charge in [-0.3, -0.25) is 0 Å². The van der Waals surface area contributed by atoms with Crippen LogP contribution in [0.15, 0.2) is 309 Å². The van der Waals surface area contributed by atoms with E-state index in [0.717, 1.165) is 72.9 Å². The molecule has 99 heavy (non-hydrogen) atoms. The molecule has 20 rings (SSSR count). The van der Waals surface area contributed by atoms with Gasteiger partial charge in [0, 0.05) is 82.8 Å². The second kappa shape index (κ2) is 21.6. The highest BCUT2D eigenvalue weighted by atomic mass is 15.0. The number of para-hydroxylation sites is 2. The van der Waals surface area contributed by atoms with Crippen LogP contribution in [0.2, 0.25) is 0 Å². The zero-order valence-electron chi connectivity index (χ0n) is 55.4. The second-order valence-electron chi connectivity index (χ2n) is 28.3. The highest BCUT2D eigenvalue weighted by Crippen LogP contribution is 2.52. The van der Waals surface area contributed by atoms with Gasteiger partial charge in [0.2, 0.25) is 0 Å². The third kappa shape index (κ3) is 8.78. The molecule has 0 saturated carbocycles. The van der Waals surface area contributed by atoms with Crippen LogP contribution < -0.4 is 0 Å². The van der Waals surface area contributed by atoms with E-state index in [9.17, 15) is 0 Å². The molecule has 468 valence electrons. The van der Waals surface area contributed by atoms with Gasteiger partial charge in [0.25, 0.3) is 0 Å². The lowest BCUT2D eigenvalue weighted by Gasteiger charge is -2.22.